The quantitative estimate of drug-likeness (QED) is 0.876. The van der Waals surface area contributed by atoms with E-state index in [1.165, 1.54) is 17.0 Å². The Balaban J connectivity index is 1.88. The molecule has 0 bridgehead atoms. The van der Waals surface area contributed by atoms with Crippen molar-refractivity contribution in [3.05, 3.63) is 57.8 Å². The summed E-state index contributed by atoms with van der Waals surface area (Å²) in [5, 5.41) is 2.78. The van der Waals surface area contributed by atoms with Crippen LogP contribution in [0.4, 0.5) is 0 Å². The van der Waals surface area contributed by atoms with Gasteiger partial charge in [-0.25, -0.2) is 4.98 Å². The van der Waals surface area contributed by atoms with Crippen LogP contribution in [0.15, 0.2) is 35.4 Å². The number of nitrogens with zero attached hydrogens (tertiary/aromatic N) is 2. The molecule has 1 unspecified atom stereocenters. The highest BCUT2D eigenvalue weighted by atomic mass is 16.5. The van der Waals surface area contributed by atoms with E-state index in [1.54, 1.807) is 13.8 Å². The van der Waals surface area contributed by atoms with Crippen molar-refractivity contribution in [2.24, 2.45) is 0 Å². The summed E-state index contributed by atoms with van der Waals surface area (Å²) in [7, 11) is 0. The minimum Gasteiger partial charge on any atom is -0.481 e. The largest absolute Gasteiger partial charge is 0.481 e. The predicted octanol–water partition coefficient (Wildman–Crippen LogP) is 1.75. The van der Waals surface area contributed by atoms with E-state index in [1.807, 2.05) is 32.0 Å². The number of hydrogen-bond donors (Lipinski definition) is 1. The number of hydrogen-bond acceptors (Lipinski definition) is 4. The molecule has 0 saturated carbocycles. The summed E-state index contributed by atoms with van der Waals surface area (Å²) in [6.07, 6.45) is 0.873. The van der Waals surface area contributed by atoms with Gasteiger partial charge in [0.05, 0.1) is 6.33 Å². The third-order valence-corrected chi connectivity index (χ3v) is 3.90. The van der Waals surface area contributed by atoms with Gasteiger partial charge in [0.2, 0.25) is 0 Å². The molecule has 0 fully saturated rings. The highest BCUT2D eigenvalue weighted by Crippen LogP contribution is 2.21. The van der Waals surface area contributed by atoms with E-state index in [0.717, 1.165) is 11.1 Å². The van der Waals surface area contributed by atoms with Crippen molar-refractivity contribution in [2.75, 3.05) is 6.54 Å². The number of amides is 1. The van der Waals surface area contributed by atoms with Gasteiger partial charge in [-0.15, -0.1) is 0 Å². The Morgan fingerprint density at radius 2 is 2.08 bits per heavy atom. The van der Waals surface area contributed by atoms with Crippen molar-refractivity contribution >= 4 is 5.91 Å². The molecule has 1 heterocycles. The fraction of sp³-hybridized carbons (Fsp3) is 0.389. The molecule has 2 rings (SSSR count). The molecule has 1 aromatic carbocycles. The normalized spacial score (nSPS) is 11.8. The molecule has 0 radical (unpaired) electrons. The number of rotatable bonds is 6. The van der Waals surface area contributed by atoms with E-state index < -0.39 is 6.10 Å². The van der Waals surface area contributed by atoms with Gasteiger partial charge < -0.3 is 10.1 Å². The van der Waals surface area contributed by atoms with E-state index >= 15 is 0 Å². The second kappa shape index (κ2) is 7.77. The second-order valence-corrected chi connectivity index (χ2v) is 5.81. The van der Waals surface area contributed by atoms with Crippen LogP contribution in [-0.2, 0) is 11.3 Å². The Labute approximate surface area is 141 Å². The van der Waals surface area contributed by atoms with Crippen LogP contribution in [0.25, 0.3) is 0 Å². The molecule has 0 aliphatic rings. The molecule has 0 aliphatic heterocycles. The van der Waals surface area contributed by atoms with E-state index in [-0.39, 0.29) is 11.5 Å². The van der Waals surface area contributed by atoms with Crippen molar-refractivity contribution in [3.8, 4) is 5.75 Å². The Morgan fingerprint density at radius 3 is 2.79 bits per heavy atom. The number of carbonyl (C=O) groups excluding carboxylic acids is 1. The van der Waals surface area contributed by atoms with Crippen LogP contribution in [-0.4, -0.2) is 28.1 Å². The summed E-state index contributed by atoms with van der Waals surface area (Å²) in [6.45, 7) is 8.14. The molecule has 0 spiro atoms. The molecule has 2 aromatic rings. The summed E-state index contributed by atoms with van der Waals surface area (Å²) < 4.78 is 7.20. The maximum atomic E-state index is 12.1. The molecule has 1 atom stereocenters. The van der Waals surface area contributed by atoms with Gasteiger partial charge >= 0.3 is 0 Å². The topological polar surface area (TPSA) is 73.2 Å². The summed E-state index contributed by atoms with van der Waals surface area (Å²) in [5.74, 6) is 0.487. The smallest absolute Gasteiger partial charge is 0.260 e. The molecule has 1 N–H and O–H groups in total. The molecule has 6 nitrogen and oxygen atoms in total. The van der Waals surface area contributed by atoms with Gasteiger partial charge in [-0.05, 0) is 44.9 Å². The van der Waals surface area contributed by atoms with Crippen LogP contribution in [0.2, 0.25) is 0 Å². The SMILES string of the molecule is Cc1cc(=O)n(CCNC(=O)C(C)Oc2cccc(C)c2C)cn1. The fourth-order valence-electron chi connectivity index (χ4n) is 2.22. The molecule has 128 valence electrons. The van der Waals surface area contributed by atoms with Gasteiger partial charge in [-0.3, -0.25) is 14.2 Å². The maximum Gasteiger partial charge on any atom is 0.260 e. The zero-order valence-electron chi connectivity index (χ0n) is 14.5. The lowest BCUT2D eigenvalue weighted by Gasteiger charge is -2.17. The van der Waals surface area contributed by atoms with Crippen LogP contribution >= 0.6 is 0 Å². The predicted molar refractivity (Wildman–Crippen MR) is 92.2 cm³/mol. The van der Waals surface area contributed by atoms with E-state index in [9.17, 15) is 9.59 Å². The second-order valence-electron chi connectivity index (χ2n) is 5.81. The molecule has 24 heavy (non-hydrogen) atoms. The standard InChI is InChI=1S/C18H23N3O3/c1-12-6-5-7-16(14(12)3)24-15(4)18(23)19-8-9-21-11-20-13(2)10-17(21)22/h5-7,10-11,15H,8-9H2,1-4H3,(H,19,23). The van der Waals surface area contributed by atoms with Crippen LogP contribution in [0.5, 0.6) is 5.75 Å². The van der Waals surface area contributed by atoms with Gasteiger partial charge in [0.1, 0.15) is 5.75 Å². The van der Waals surface area contributed by atoms with E-state index in [2.05, 4.69) is 10.3 Å². The first kappa shape index (κ1) is 17.7. The molecule has 1 amide bonds. The number of nitrogens with one attached hydrogen (secondary N) is 1. The highest BCUT2D eigenvalue weighted by Gasteiger charge is 2.15. The molecule has 0 saturated heterocycles. The molecule has 1 aromatic heterocycles. The Morgan fingerprint density at radius 1 is 1.33 bits per heavy atom. The molecular weight excluding hydrogens is 306 g/mol. The third-order valence-electron chi connectivity index (χ3n) is 3.90. The molecular formula is C18H23N3O3. The zero-order chi connectivity index (χ0) is 17.7. The van der Waals surface area contributed by atoms with Crippen LogP contribution in [0.3, 0.4) is 0 Å². The lowest BCUT2D eigenvalue weighted by Crippen LogP contribution is -2.39. The number of carbonyl (C=O) groups is 1. The van der Waals surface area contributed by atoms with Crippen LogP contribution in [0, 0.1) is 20.8 Å². The monoisotopic (exact) mass is 329 g/mol. The van der Waals surface area contributed by atoms with Gasteiger partial charge in [-0.1, -0.05) is 12.1 Å². The van der Waals surface area contributed by atoms with Crippen LogP contribution in [0.1, 0.15) is 23.7 Å². The Bertz CT molecular complexity index is 783. The van der Waals surface area contributed by atoms with Gasteiger partial charge in [0.25, 0.3) is 11.5 Å². The van der Waals surface area contributed by atoms with E-state index in [4.69, 9.17) is 4.74 Å². The van der Waals surface area contributed by atoms with Crippen LogP contribution < -0.4 is 15.6 Å². The van der Waals surface area contributed by atoms with Gasteiger partial charge in [0, 0.05) is 24.8 Å². The average molecular weight is 329 g/mol. The number of aromatic nitrogens is 2. The minimum atomic E-state index is -0.613. The zero-order valence-corrected chi connectivity index (χ0v) is 14.5. The Kier molecular flexibility index (Phi) is 5.73. The number of benzene rings is 1. The minimum absolute atomic E-state index is 0.128. The lowest BCUT2D eigenvalue weighted by molar-refractivity contribution is -0.127. The van der Waals surface area contributed by atoms with Gasteiger partial charge in [0.15, 0.2) is 6.10 Å². The summed E-state index contributed by atoms with van der Waals surface area (Å²) in [6, 6.07) is 7.22. The first-order valence-corrected chi connectivity index (χ1v) is 7.92. The molecule has 6 heteroatoms. The lowest BCUT2D eigenvalue weighted by atomic mass is 10.1. The summed E-state index contributed by atoms with van der Waals surface area (Å²) in [5.41, 5.74) is 2.69. The maximum absolute atomic E-state index is 12.1. The van der Waals surface area contributed by atoms with Crippen molar-refractivity contribution in [1.82, 2.24) is 14.9 Å². The van der Waals surface area contributed by atoms with Crippen molar-refractivity contribution in [2.45, 2.75) is 40.3 Å². The van der Waals surface area contributed by atoms with Crippen molar-refractivity contribution in [1.29, 1.82) is 0 Å². The molecule has 0 aliphatic carbocycles. The first-order chi connectivity index (χ1) is 11.4. The average Bonchev–Trinajstić information content (AvgIpc) is 2.53. The highest BCUT2D eigenvalue weighted by molar-refractivity contribution is 5.80. The first-order valence-electron chi connectivity index (χ1n) is 7.92. The number of ether oxygens (including phenoxy) is 1. The summed E-state index contributed by atoms with van der Waals surface area (Å²) in [4.78, 5) is 28.0. The number of aryl methyl sites for hydroxylation is 2. The third kappa shape index (κ3) is 4.44. The summed E-state index contributed by atoms with van der Waals surface area (Å²) >= 11 is 0. The van der Waals surface area contributed by atoms with E-state index in [0.29, 0.717) is 24.5 Å². The fourth-order valence-corrected chi connectivity index (χ4v) is 2.22. The van der Waals surface area contributed by atoms with Gasteiger partial charge in [-0.2, -0.15) is 0 Å². The van der Waals surface area contributed by atoms with Crippen molar-refractivity contribution < 1.29 is 9.53 Å². The Hall–Kier alpha value is -2.63. The van der Waals surface area contributed by atoms with Crippen molar-refractivity contribution in [3.63, 3.8) is 0 Å².